The maximum absolute atomic E-state index is 12.3. The molecular formula is C19H21Cl2N3O. The van der Waals surface area contributed by atoms with Crippen molar-refractivity contribution in [3.8, 4) is 0 Å². The predicted molar refractivity (Wildman–Crippen MR) is 105 cm³/mol. The first-order valence-electron chi connectivity index (χ1n) is 8.31. The summed E-state index contributed by atoms with van der Waals surface area (Å²) in [6, 6.07) is 13.4. The van der Waals surface area contributed by atoms with Gasteiger partial charge >= 0.3 is 0 Å². The van der Waals surface area contributed by atoms with Crippen LogP contribution in [0.4, 0.5) is 11.4 Å². The Hall–Kier alpha value is -1.75. The molecule has 3 rings (SSSR count). The van der Waals surface area contributed by atoms with Gasteiger partial charge < -0.3 is 10.2 Å². The second kappa shape index (κ2) is 8.09. The number of nitrogens with one attached hydrogen (secondary N) is 1. The zero-order chi connectivity index (χ0) is 17.8. The van der Waals surface area contributed by atoms with Gasteiger partial charge in [0.15, 0.2) is 0 Å². The van der Waals surface area contributed by atoms with Crippen molar-refractivity contribution in [2.75, 3.05) is 42.9 Å². The number of hydrogen-bond donors (Lipinski definition) is 1. The van der Waals surface area contributed by atoms with Crippen molar-refractivity contribution >= 4 is 40.5 Å². The van der Waals surface area contributed by atoms with Crippen LogP contribution in [-0.4, -0.2) is 43.5 Å². The number of halogens is 2. The van der Waals surface area contributed by atoms with E-state index in [0.717, 1.165) is 48.1 Å². The average Bonchev–Trinajstić information content (AvgIpc) is 2.60. The Bertz CT molecular complexity index is 758. The summed E-state index contributed by atoms with van der Waals surface area (Å²) in [5, 5.41) is 4.38. The molecule has 0 aliphatic carbocycles. The fourth-order valence-corrected chi connectivity index (χ4v) is 3.42. The van der Waals surface area contributed by atoms with Crippen LogP contribution < -0.4 is 10.2 Å². The molecule has 2 aromatic carbocycles. The van der Waals surface area contributed by atoms with Crippen molar-refractivity contribution in [3.05, 3.63) is 58.1 Å². The second-order valence-electron chi connectivity index (χ2n) is 6.18. The van der Waals surface area contributed by atoms with E-state index in [2.05, 4.69) is 15.1 Å². The van der Waals surface area contributed by atoms with Crippen LogP contribution in [0, 0.1) is 6.92 Å². The Morgan fingerprint density at radius 2 is 1.68 bits per heavy atom. The third kappa shape index (κ3) is 4.46. The third-order valence-electron chi connectivity index (χ3n) is 4.47. The van der Waals surface area contributed by atoms with E-state index < -0.39 is 0 Å². The van der Waals surface area contributed by atoms with Crippen molar-refractivity contribution < 1.29 is 4.79 Å². The summed E-state index contributed by atoms with van der Waals surface area (Å²) in [6.07, 6.45) is 0. The lowest BCUT2D eigenvalue weighted by Gasteiger charge is -2.36. The predicted octanol–water partition coefficient (Wildman–Crippen LogP) is 4.06. The molecule has 0 saturated carbocycles. The highest BCUT2D eigenvalue weighted by molar-refractivity contribution is 6.33. The van der Waals surface area contributed by atoms with Crippen LogP contribution >= 0.6 is 23.2 Å². The number of hydrogen-bond acceptors (Lipinski definition) is 3. The van der Waals surface area contributed by atoms with E-state index >= 15 is 0 Å². The van der Waals surface area contributed by atoms with E-state index in [1.807, 2.05) is 49.4 Å². The van der Waals surface area contributed by atoms with Crippen LogP contribution in [0.2, 0.25) is 10.0 Å². The Morgan fingerprint density at radius 3 is 2.40 bits per heavy atom. The molecule has 1 aliphatic rings. The van der Waals surface area contributed by atoms with E-state index in [4.69, 9.17) is 23.2 Å². The highest BCUT2D eigenvalue weighted by Gasteiger charge is 2.20. The minimum absolute atomic E-state index is 0.0171. The number of para-hydroxylation sites is 1. The lowest BCUT2D eigenvalue weighted by atomic mass is 10.2. The Labute approximate surface area is 158 Å². The SMILES string of the molecule is Cc1c(Cl)cccc1NC(=O)CN1CCN(c2ccccc2Cl)CC1. The zero-order valence-corrected chi connectivity index (χ0v) is 15.6. The van der Waals surface area contributed by atoms with E-state index in [-0.39, 0.29) is 5.91 Å². The minimum Gasteiger partial charge on any atom is -0.368 e. The number of carbonyl (C=O) groups excluding carboxylic acids is 1. The van der Waals surface area contributed by atoms with Crippen LogP contribution in [0.25, 0.3) is 0 Å². The van der Waals surface area contributed by atoms with Crippen molar-refractivity contribution in [2.45, 2.75) is 6.92 Å². The topological polar surface area (TPSA) is 35.6 Å². The van der Waals surface area contributed by atoms with E-state index in [0.29, 0.717) is 11.6 Å². The summed E-state index contributed by atoms with van der Waals surface area (Å²) in [5.74, 6) is -0.0171. The first-order chi connectivity index (χ1) is 12.0. The van der Waals surface area contributed by atoms with Gasteiger partial charge in [0.1, 0.15) is 0 Å². The third-order valence-corrected chi connectivity index (χ3v) is 5.20. The Kier molecular flexibility index (Phi) is 5.84. The van der Waals surface area contributed by atoms with Crippen molar-refractivity contribution in [1.82, 2.24) is 4.90 Å². The largest absolute Gasteiger partial charge is 0.368 e. The molecule has 0 spiro atoms. The second-order valence-corrected chi connectivity index (χ2v) is 6.99. The number of piperazine rings is 1. The van der Waals surface area contributed by atoms with Gasteiger partial charge in [0.05, 0.1) is 17.3 Å². The Morgan fingerprint density at radius 1 is 1.00 bits per heavy atom. The van der Waals surface area contributed by atoms with Gasteiger partial charge in [-0.1, -0.05) is 41.4 Å². The number of carbonyl (C=O) groups is 1. The quantitative estimate of drug-likeness (QED) is 0.872. The summed E-state index contributed by atoms with van der Waals surface area (Å²) < 4.78 is 0. The fraction of sp³-hybridized carbons (Fsp3) is 0.316. The standard InChI is InChI=1S/C19H21Cl2N3O/c1-14-15(20)6-4-7-17(14)22-19(25)13-23-9-11-24(12-10-23)18-8-3-2-5-16(18)21/h2-8H,9-13H2,1H3,(H,22,25). The number of rotatable bonds is 4. The molecule has 4 nitrogen and oxygen atoms in total. The number of amides is 1. The average molecular weight is 378 g/mol. The fourth-order valence-electron chi connectivity index (χ4n) is 2.99. The molecule has 0 radical (unpaired) electrons. The maximum Gasteiger partial charge on any atom is 0.238 e. The summed E-state index contributed by atoms with van der Waals surface area (Å²) in [6.45, 7) is 5.64. The van der Waals surface area contributed by atoms with Crippen LogP contribution in [0.1, 0.15) is 5.56 Å². The molecule has 1 amide bonds. The van der Waals surface area contributed by atoms with Gasteiger partial charge in [-0.2, -0.15) is 0 Å². The van der Waals surface area contributed by atoms with Gasteiger partial charge in [-0.05, 0) is 36.8 Å². The van der Waals surface area contributed by atoms with Gasteiger partial charge in [-0.25, -0.2) is 0 Å². The molecule has 6 heteroatoms. The molecule has 0 unspecified atom stereocenters. The molecule has 0 atom stereocenters. The normalized spacial score (nSPS) is 15.2. The molecular weight excluding hydrogens is 357 g/mol. The van der Waals surface area contributed by atoms with Gasteiger partial charge in [0.2, 0.25) is 5.91 Å². The number of benzene rings is 2. The highest BCUT2D eigenvalue weighted by Crippen LogP contribution is 2.26. The number of nitrogens with zero attached hydrogens (tertiary/aromatic N) is 2. The lowest BCUT2D eigenvalue weighted by Crippen LogP contribution is -2.48. The van der Waals surface area contributed by atoms with Gasteiger partial charge in [0, 0.05) is 36.9 Å². The van der Waals surface area contributed by atoms with Crippen LogP contribution in [0.3, 0.4) is 0 Å². The molecule has 0 bridgehead atoms. The Balaban J connectivity index is 1.53. The van der Waals surface area contributed by atoms with Crippen LogP contribution in [-0.2, 0) is 4.79 Å². The van der Waals surface area contributed by atoms with Crippen LogP contribution in [0.5, 0.6) is 0 Å². The highest BCUT2D eigenvalue weighted by atomic mass is 35.5. The smallest absolute Gasteiger partial charge is 0.238 e. The maximum atomic E-state index is 12.3. The monoisotopic (exact) mass is 377 g/mol. The van der Waals surface area contributed by atoms with E-state index in [1.54, 1.807) is 0 Å². The molecule has 25 heavy (non-hydrogen) atoms. The van der Waals surface area contributed by atoms with E-state index in [9.17, 15) is 4.79 Å². The molecule has 132 valence electrons. The molecule has 2 aromatic rings. The molecule has 1 N–H and O–H groups in total. The molecule has 1 heterocycles. The first-order valence-corrected chi connectivity index (χ1v) is 9.07. The molecule has 0 aromatic heterocycles. The summed E-state index contributed by atoms with van der Waals surface area (Å²) in [5.41, 5.74) is 2.72. The number of anilines is 2. The molecule has 1 fully saturated rings. The van der Waals surface area contributed by atoms with Crippen molar-refractivity contribution in [2.24, 2.45) is 0 Å². The van der Waals surface area contributed by atoms with E-state index in [1.165, 1.54) is 0 Å². The zero-order valence-electron chi connectivity index (χ0n) is 14.1. The van der Waals surface area contributed by atoms with Gasteiger partial charge in [-0.15, -0.1) is 0 Å². The summed E-state index contributed by atoms with van der Waals surface area (Å²) >= 11 is 12.4. The molecule has 1 saturated heterocycles. The minimum atomic E-state index is -0.0171. The van der Waals surface area contributed by atoms with Crippen molar-refractivity contribution in [1.29, 1.82) is 0 Å². The molecule has 1 aliphatic heterocycles. The van der Waals surface area contributed by atoms with Crippen molar-refractivity contribution in [3.63, 3.8) is 0 Å². The first kappa shape index (κ1) is 18.1. The lowest BCUT2D eigenvalue weighted by molar-refractivity contribution is -0.117. The summed E-state index contributed by atoms with van der Waals surface area (Å²) in [7, 11) is 0. The van der Waals surface area contributed by atoms with Gasteiger partial charge in [0.25, 0.3) is 0 Å². The summed E-state index contributed by atoms with van der Waals surface area (Å²) in [4.78, 5) is 16.7. The van der Waals surface area contributed by atoms with Gasteiger partial charge in [-0.3, -0.25) is 9.69 Å². The van der Waals surface area contributed by atoms with Crippen LogP contribution in [0.15, 0.2) is 42.5 Å².